The molecule has 0 radical (unpaired) electrons. The molecule has 0 aromatic carbocycles. The van der Waals surface area contributed by atoms with Gasteiger partial charge in [-0.15, -0.1) is 0 Å². The predicted molar refractivity (Wildman–Crippen MR) is 57.8 cm³/mol. The number of nitrogens with zero attached hydrogens (tertiary/aromatic N) is 2. The van der Waals surface area contributed by atoms with Gasteiger partial charge in [0.1, 0.15) is 15.1 Å². The van der Waals surface area contributed by atoms with Crippen LogP contribution in [-0.2, 0) is 6.42 Å². The lowest BCUT2D eigenvalue weighted by atomic mass is 10.2. The van der Waals surface area contributed by atoms with E-state index in [2.05, 4.69) is 4.98 Å². The molecule has 0 spiro atoms. The Balaban J connectivity index is 3.24. The SMILES string of the molecule is COc1cc(CC#N)c(I)nc1C(F)F. The molecule has 1 aromatic rings. The number of alkyl halides is 2. The van der Waals surface area contributed by atoms with Gasteiger partial charge < -0.3 is 4.74 Å². The van der Waals surface area contributed by atoms with Gasteiger partial charge in [-0.2, -0.15) is 5.26 Å². The molecule has 0 bridgehead atoms. The van der Waals surface area contributed by atoms with Crippen molar-refractivity contribution in [2.24, 2.45) is 0 Å². The molecule has 0 atom stereocenters. The standard InChI is InChI=1S/C9H7F2IN2O/c1-15-6-4-5(2-3-13)9(12)14-7(6)8(10)11/h4,8H,2H2,1H3. The molecule has 0 unspecified atom stereocenters. The van der Waals surface area contributed by atoms with Gasteiger partial charge in [-0.05, 0) is 28.7 Å². The maximum Gasteiger partial charge on any atom is 0.284 e. The first-order chi connectivity index (χ1) is 7.10. The number of hydrogen-bond acceptors (Lipinski definition) is 3. The van der Waals surface area contributed by atoms with Crippen molar-refractivity contribution >= 4 is 22.6 Å². The molecule has 1 heterocycles. The zero-order valence-electron chi connectivity index (χ0n) is 7.80. The Kier molecular flexibility index (Phi) is 4.20. The molecule has 6 heteroatoms. The molecule has 3 nitrogen and oxygen atoms in total. The Morgan fingerprint density at radius 1 is 1.67 bits per heavy atom. The summed E-state index contributed by atoms with van der Waals surface area (Å²) in [6.45, 7) is 0. The molecule has 1 aromatic heterocycles. The predicted octanol–water partition coefficient (Wildman–Crippen LogP) is 2.70. The Hall–Kier alpha value is -0.970. The van der Waals surface area contributed by atoms with E-state index >= 15 is 0 Å². The van der Waals surface area contributed by atoms with Crippen molar-refractivity contribution in [3.8, 4) is 11.8 Å². The highest BCUT2D eigenvalue weighted by Crippen LogP contribution is 2.29. The molecule has 0 fully saturated rings. The van der Waals surface area contributed by atoms with Crippen LogP contribution in [0.3, 0.4) is 0 Å². The first-order valence-electron chi connectivity index (χ1n) is 3.98. The van der Waals surface area contributed by atoms with E-state index in [1.807, 2.05) is 28.7 Å². The van der Waals surface area contributed by atoms with Crippen molar-refractivity contribution in [2.45, 2.75) is 12.8 Å². The topological polar surface area (TPSA) is 45.9 Å². The van der Waals surface area contributed by atoms with Crippen molar-refractivity contribution in [3.63, 3.8) is 0 Å². The molecule has 0 saturated heterocycles. The van der Waals surface area contributed by atoms with Crippen LogP contribution in [0.4, 0.5) is 8.78 Å². The average Bonchev–Trinajstić information content (AvgIpc) is 2.20. The van der Waals surface area contributed by atoms with Crippen LogP contribution in [-0.4, -0.2) is 12.1 Å². The molecule has 0 aliphatic heterocycles. The van der Waals surface area contributed by atoms with E-state index in [0.717, 1.165) is 0 Å². The number of pyridine rings is 1. The van der Waals surface area contributed by atoms with Gasteiger partial charge in [-0.1, -0.05) is 0 Å². The van der Waals surface area contributed by atoms with Crippen LogP contribution in [0.5, 0.6) is 5.75 Å². The largest absolute Gasteiger partial charge is 0.495 e. The smallest absolute Gasteiger partial charge is 0.284 e. The van der Waals surface area contributed by atoms with Crippen LogP contribution >= 0.6 is 22.6 Å². The Bertz CT molecular complexity index is 404. The van der Waals surface area contributed by atoms with Gasteiger partial charge in [-0.3, -0.25) is 0 Å². The highest BCUT2D eigenvalue weighted by atomic mass is 127. The van der Waals surface area contributed by atoms with E-state index in [0.29, 0.717) is 9.26 Å². The fraction of sp³-hybridized carbons (Fsp3) is 0.333. The van der Waals surface area contributed by atoms with Crippen LogP contribution in [0.15, 0.2) is 6.07 Å². The molecule has 0 amide bonds. The maximum absolute atomic E-state index is 12.5. The number of nitriles is 1. The Labute approximate surface area is 99.2 Å². The van der Waals surface area contributed by atoms with Crippen molar-refractivity contribution in [1.29, 1.82) is 5.26 Å². The zero-order chi connectivity index (χ0) is 11.4. The molecule has 80 valence electrons. The summed E-state index contributed by atoms with van der Waals surface area (Å²) in [5.41, 5.74) is 0.211. The second-order valence-corrected chi connectivity index (χ2v) is 3.68. The summed E-state index contributed by atoms with van der Waals surface area (Å²) in [6.07, 6.45) is -2.55. The second kappa shape index (κ2) is 5.21. The second-order valence-electron chi connectivity index (χ2n) is 2.66. The molecule has 0 aliphatic carbocycles. The number of ether oxygens (including phenoxy) is 1. The van der Waals surface area contributed by atoms with Gasteiger partial charge in [0, 0.05) is 5.56 Å². The summed E-state index contributed by atoms with van der Waals surface area (Å²) in [7, 11) is 1.30. The molecule has 1 rings (SSSR count). The van der Waals surface area contributed by atoms with Gasteiger partial charge in [-0.25, -0.2) is 13.8 Å². The van der Waals surface area contributed by atoms with Crippen molar-refractivity contribution < 1.29 is 13.5 Å². The Morgan fingerprint density at radius 3 is 2.80 bits per heavy atom. The minimum Gasteiger partial charge on any atom is -0.495 e. The third kappa shape index (κ3) is 2.75. The van der Waals surface area contributed by atoms with Crippen molar-refractivity contribution in [1.82, 2.24) is 4.98 Å². The number of halogens is 3. The van der Waals surface area contributed by atoms with E-state index in [4.69, 9.17) is 10.00 Å². The number of methoxy groups -OCH3 is 1. The fourth-order valence-corrected chi connectivity index (χ4v) is 1.66. The zero-order valence-corrected chi connectivity index (χ0v) is 9.96. The van der Waals surface area contributed by atoms with Gasteiger partial charge in [0.2, 0.25) is 0 Å². The lowest BCUT2D eigenvalue weighted by Crippen LogP contribution is -2.01. The summed E-state index contributed by atoms with van der Waals surface area (Å²) >= 11 is 1.82. The van der Waals surface area contributed by atoms with E-state index < -0.39 is 6.43 Å². The summed E-state index contributed by atoms with van der Waals surface area (Å²) in [5, 5.41) is 8.52. The number of hydrogen-bond donors (Lipinski definition) is 0. The molecule has 0 N–H and O–H groups in total. The van der Waals surface area contributed by atoms with E-state index in [-0.39, 0.29) is 17.9 Å². The first-order valence-corrected chi connectivity index (χ1v) is 5.06. The third-order valence-electron chi connectivity index (χ3n) is 1.74. The van der Waals surface area contributed by atoms with Crippen LogP contribution in [0, 0.1) is 15.0 Å². The van der Waals surface area contributed by atoms with Gasteiger partial charge >= 0.3 is 0 Å². The molecule has 15 heavy (non-hydrogen) atoms. The van der Waals surface area contributed by atoms with Crippen molar-refractivity contribution in [2.75, 3.05) is 7.11 Å². The highest BCUT2D eigenvalue weighted by Gasteiger charge is 2.18. The maximum atomic E-state index is 12.5. The van der Waals surface area contributed by atoms with E-state index in [9.17, 15) is 8.78 Å². The van der Waals surface area contributed by atoms with Crippen LogP contribution in [0.25, 0.3) is 0 Å². The van der Waals surface area contributed by atoms with Gasteiger partial charge in [0.15, 0.2) is 0 Å². The van der Waals surface area contributed by atoms with Crippen LogP contribution < -0.4 is 4.74 Å². The number of aromatic nitrogens is 1. The summed E-state index contributed by atoms with van der Waals surface area (Å²) in [4.78, 5) is 3.72. The monoisotopic (exact) mass is 324 g/mol. The molecule has 0 aliphatic rings. The van der Waals surface area contributed by atoms with Gasteiger partial charge in [0.05, 0.1) is 19.6 Å². The first kappa shape index (κ1) is 12.1. The number of rotatable bonds is 3. The lowest BCUT2D eigenvalue weighted by Gasteiger charge is -2.09. The normalized spacial score (nSPS) is 10.1. The van der Waals surface area contributed by atoms with Crippen LogP contribution in [0.2, 0.25) is 0 Å². The van der Waals surface area contributed by atoms with Crippen LogP contribution in [0.1, 0.15) is 17.7 Å². The summed E-state index contributed by atoms with van der Waals surface area (Å²) in [5.74, 6) is 0.0238. The van der Waals surface area contributed by atoms with Gasteiger partial charge in [0.25, 0.3) is 6.43 Å². The molecular weight excluding hydrogens is 317 g/mol. The van der Waals surface area contributed by atoms with E-state index in [1.54, 1.807) is 0 Å². The highest BCUT2D eigenvalue weighted by molar-refractivity contribution is 14.1. The summed E-state index contributed by atoms with van der Waals surface area (Å²) < 4.78 is 30.2. The third-order valence-corrected chi connectivity index (χ3v) is 2.67. The minimum absolute atomic E-state index is 0.0238. The lowest BCUT2D eigenvalue weighted by molar-refractivity contribution is 0.141. The summed E-state index contributed by atoms with van der Waals surface area (Å²) in [6, 6.07) is 3.37. The fourth-order valence-electron chi connectivity index (χ4n) is 1.05. The Morgan fingerprint density at radius 2 is 2.33 bits per heavy atom. The van der Waals surface area contributed by atoms with Crippen molar-refractivity contribution in [3.05, 3.63) is 21.0 Å². The molecule has 0 saturated carbocycles. The quantitative estimate of drug-likeness (QED) is 0.634. The average molecular weight is 324 g/mol. The van der Waals surface area contributed by atoms with E-state index in [1.165, 1.54) is 13.2 Å². The molecular formula is C9H7F2IN2O. The minimum atomic E-state index is -2.68.